The van der Waals surface area contributed by atoms with Crippen molar-refractivity contribution in [1.82, 2.24) is 9.80 Å². The van der Waals surface area contributed by atoms with Crippen LogP contribution in [0.25, 0.3) is 11.1 Å². The van der Waals surface area contributed by atoms with Crippen molar-refractivity contribution >= 4 is 23.4 Å². The number of carbonyl (C=O) groups excluding carboxylic acids is 1. The van der Waals surface area contributed by atoms with Gasteiger partial charge in [-0.1, -0.05) is 66.2 Å². The van der Waals surface area contributed by atoms with E-state index in [1.165, 1.54) is 43.3 Å². The lowest BCUT2D eigenvalue weighted by atomic mass is 9.99. The normalized spacial score (nSPS) is 25.7. The van der Waals surface area contributed by atoms with E-state index < -0.39 is 145 Å². The zero-order valence-electron chi connectivity index (χ0n) is 43.2. The Balaban J connectivity index is 1.57. The van der Waals surface area contributed by atoms with Crippen molar-refractivity contribution in [2.24, 2.45) is 0 Å². The Morgan fingerprint density at radius 2 is 1.75 bits per heavy atom. The molecule has 1 saturated heterocycles. The number of amides is 1. The lowest BCUT2D eigenvalue weighted by molar-refractivity contribution is -0.137. The Kier molecular flexibility index (Phi) is 7.48. The molecule has 6 nitrogen and oxygen atoms in total. The molecule has 4 aromatic carbocycles. The van der Waals surface area contributed by atoms with Gasteiger partial charge in [0.1, 0.15) is 12.6 Å². The highest BCUT2D eigenvalue weighted by atomic mass is 32.2. The average molecular weight is 767 g/mol. The first-order chi connectivity index (χ1) is 31.2. The fourth-order valence-corrected chi connectivity index (χ4v) is 6.09. The summed E-state index contributed by atoms with van der Waals surface area (Å²) < 4.78 is 210. The number of piperidine rings is 1. The second kappa shape index (κ2) is 16.8. The van der Waals surface area contributed by atoms with Crippen molar-refractivity contribution in [2.75, 3.05) is 44.7 Å². The van der Waals surface area contributed by atoms with Crippen LogP contribution in [0.1, 0.15) is 67.2 Å². The van der Waals surface area contributed by atoms with Crippen LogP contribution < -0.4 is 4.90 Å². The summed E-state index contributed by atoms with van der Waals surface area (Å²) in [5.41, 5.74) is -5.84. The van der Waals surface area contributed by atoms with Crippen molar-refractivity contribution in [3.05, 3.63) is 135 Å². The molecule has 2 aliphatic heterocycles. The number of halogens is 5. The fourth-order valence-electron chi connectivity index (χ4n) is 5.29. The molecule has 280 valence electrons. The maximum Gasteiger partial charge on any atom is 0.416 e. The number of ether oxygens (including phenoxy) is 1. The van der Waals surface area contributed by atoms with Gasteiger partial charge in [0.05, 0.1) is 24.1 Å². The predicted octanol–water partition coefficient (Wildman–Crippen LogP) is 8.73. The zero-order valence-corrected chi connectivity index (χ0v) is 29.0. The smallest absolute Gasteiger partial charge is 0.384 e. The van der Waals surface area contributed by atoms with Gasteiger partial charge in [-0.05, 0) is 66.7 Å². The molecule has 0 spiro atoms. The van der Waals surface area contributed by atoms with Crippen molar-refractivity contribution in [1.29, 1.82) is 0 Å². The van der Waals surface area contributed by atoms with Crippen molar-refractivity contribution in [3.8, 4) is 11.1 Å². The van der Waals surface area contributed by atoms with Gasteiger partial charge in [-0.2, -0.15) is 13.2 Å². The van der Waals surface area contributed by atoms with E-state index in [0.717, 1.165) is 31.4 Å². The van der Waals surface area contributed by atoms with Gasteiger partial charge in [-0.25, -0.2) is 8.78 Å². The molecular weight excluding hydrogens is 710 g/mol. The van der Waals surface area contributed by atoms with Crippen molar-refractivity contribution in [2.45, 2.75) is 50.2 Å². The van der Waals surface area contributed by atoms with E-state index >= 15 is 9.18 Å². The van der Waals surface area contributed by atoms with Gasteiger partial charge < -0.3 is 24.5 Å². The summed E-state index contributed by atoms with van der Waals surface area (Å²) in [7, 11) is 1.16. The number of benzene rings is 4. The summed E-state index contributed by atoms with van der Waals surface area (Å²) in [6.07, 6.45) is -14.7. The zero-order chi connectivity index (χ0) is 51.1. The van der Waals surface area contributed by atoms with Gasteiger partial charge >= 0.3 is 6.18 Å². The molecule has 12 heteroatoms. The Morgan fingerprint density at radius 1 is 1.08 bits per heavy atom. The Hall–Kier alpha value is -4.23. The van der Waals surface area contributed by atoms with Gasteiger partial charge in [0.25, 0.3) is 0 Å². The van der Waals surface area contributed by atoms with Gasteiger partial charge in [0.15, 0.2) is 11.6 Å². The van der Waals surface area contributed by atoms with Crippen LogP contribution in [0.5, 0.6) is 0 Å². The fraction of sp³-hybridized carbons (Fsp3) is 0.341. The Labute approximate surface area is 331 Å². The molecular formula is C41H42F5N3O3S. The summed E-state index contributed by atoms with van der Waals surface area (Å²) in [6.45, 7) is -9.72. The largest absolute Gasteiger partial charge is 0.416 e. The van der Waals surface area contributed by atoms with E-state index in [1.807, 2.05) is 0 Å². The third kappa shape index (κ3) is 9.29. The molecule has 53 heavy (non-hydrogen) atoms. The van der Waals surface area contributed by atoms with Gasteiger partial charge in [-0.15, -0.1) is 11.8 Å². The molecule has 0 radical (unpaired) electrons. The number of thioether (sulfide) groups is 1. The molecule has 1 N–H and O–H groups in total. The highest BCUT2D eigenvalue weighted by Gasteiger charge is 2.33. The minimum atomic E-state index is -4.64. The highest BCUT2D eigenvalue weighted by Crippen LogP contribution is 2.41. The number of alkyl halides is 3. The quantitative estimate of drug-likeness (QED) is 0.146. The van der Waals surface area contributed by atoms with Crippen LogP contribution >= 0.6 is 11.8 Å². The summed E-state index contributed by atoms with van der Waals surface area (Å²) in [5, 5.41) is 10.7. The first-order valence-electron chi connectivity index (χ1n) is 23.5. The average Bonchev–Trinajstić information content (AvgIpc) is 3.26. The first kappa shape index (κ1) is 23.5. The minimum Gasteiger partial charge on any atom is -0.384 e. The maximum atomic E-state index is 15.3. The molecule has 4 aromatic rings. The summed E-state index contributed by atoms with van der Waals surface area (Å²) in [4.78, 5) is 16.3. The molecule has 1 atom stereocenters. The number of aliphatic hydroxyl groups excluding tert-OH is 1. The van der Waals surface area contributed by atoms with Crippen LogP contribution in [0.15, 0.2) is 95.9 Å². The first-order valence-corrected chi connectivity index (χ1v) is 16.8. The molecule has 0 aromatic heterocycles. The van der Waals surface area contributed by atoms with Gasteiger partial charge in [0, 0.05) is 75.4 Å². The molecule has 2 aliphatic rings. The van der Waals surface area contributed by atoms with E-state index in [0.29, 0.717) is 16.5 Å². The molecule has 1 amide bonds. The number of fused-ring (bicyclic) bond motifs is 1. The van der Waals surface area contributed by atoms with E-state index in [4.69, 9.17) is 18.4 Å². The lowest BCUT2D eigenvalue weighted by Gasteiger charge is -2.40. The number of anilines is 1. The SMILES string of the molecule is [2H]C1=C(SC([2H])([2H])c2cccc(F)c2F)N(CC(=O)N(Cc2ccc(-c3ccc(C(F)(F)F)cc3)cc2)C2([2H])C([2H])([2H])C([2H])([2H])N(CCOC)C([2H])([2H])C2([2H])[2H])c2c([2H])c([2H])c(C)c([2H])c2C1O. The highest BCUT2D eigenvalue weighted by molar-refractivity contribution is 8.02. The number of rotatable bonds is 12. The molecule has 0 bridgehead atoms. The molecule has 6 rings (SSSR count). The molecule has 1 unspecified atom stereocenters. The molecule has 1 fully saturated rings. The standard InChI is InChI=1S/C41H42F5N3O3S/c1-27-6-15-36-34(22-27)37(50)23-39(53-26-31-4-3-5-35(42)40(31)43)49(36)25-38(51)48(33-16-18-47(19-17-33)20-21-52-2)24-28-7-9-29(10-8-28)30-11-13-32(14-12-30)41(44,45)46/h3-15,22-23,33,37,50H,16-21,24-26H2,1-2H3/i6D,15D,16D2,17D2,18D2,19D2,22D,23D,26D2,33D. The van der Waals surface area contributed by atoms with Crippen molar-refractivity contribution in [3.63, 3.8) is 0 Å². The van der Waals surface area contributed by atoms with Crippen LogP contribution in [-0.4, -0.2) is 66.6 Å². The van der Waals surface area contributed by atoms with Crippen LogP contribution in [-0.2, 0) is 28.0 Å². The van der Waals surface area contributed by atoms with Crippen LogP contribution in [0.2, 0.25) is 0 Å². The molecule has 0 saturated carbocycles. The van der Waals surface area contributed by atoms with Crippen LogP contribution in [0, 0.1) is 18.6 Å². The van der Waals surface area contributed by atoms with Crippen LogP contribution in [0.4, 0.5) is 27.6 Å². The number of hydrogen-bond donors (Lipinski definition) is 1. The van der Waals surface area contributed by atoms with E-state index in [2.05, 4.69) is 0 Å². The molecule has 2 heterocycles. The van der Waals surface area contributed by atoms with Gasteiger partial charge in [-0.3, -0.25) is 4.79 Å². The number of methoxy groups -OCH3 is 1. The maximum absolute atomic E-state index is 15.3. The lowest BCUT2D eigenvalue weighted by Crippen LogP contribution is -2.50. The number of aliphatic hydroxyl groups is 1. The number of hydrogen-bond acceptors (Lipinski definition) is 6. The van der Waals surface area contributed by atoms with Crippen molar-refractivity contribution < 1.29 is 57.2 Å². The van der Waals surface area contributed by atoms with E-state index in [9.17, 15) is 29.5 Å². The predicted molar refractivity (Wildman–Crippen MR) is 198 cm³/mol. The second-order valence-electron chi connectivity index (χ2n) is 11.7. The number of nitrogens with zero attached hydrogens (tertiary/aromatic N) is 3. The minimum absolute atomic E-state index is 0.0624. The third-order valence-corrected chi connectivity index (χ3v) is 8.90. The molecule has 0 aliphatic carbocycles. The Morgan fingerprint density at radius 3 is 2.42 bits per heavy atom. The monoisotopic (exact) mass is 766 g/mol. The summed E-state index contributed by atoms with van der Waals surface area (Å²) in [6, 6.07) is 4.74. The number of carbonyl (C=O) groups is 1. The second-order valence-corrected chi connectivity index (χ2v) is 12.5. The van der Waals surface area contributed by atoms with E-state index in [-0.39, 0.29) is 38.3 Å². The summed E-state index contributed by atoms with van der Waals surface area (Å²) >= 11 is -0.0798. The summed E-state index contributed by atoms with van der Waals surface area (Å²) in [5.74, 6) is -4.73. The van der Waals surface area contributed by atoms with Gasteiger partial charge in [0.2, 0.25) is 5.91 Å². The Bertz CT molecular complexity index is 2610. The number of likely N-dealkylation sites (tertiary alicyclic amines) is 1. The van der Waals surface area contributed by atoms with E-state index in [1.54, 1.807) is 0 Å². The van der Waals surface area contributed by atoms with Crippen LogP contribution in [0.3, 0.4) is 0 Å². The third-order valence-electron chi connectivity index (χ3n) is 8.05. The topological polar surface area (TPSA) is 56.3 Å².